The largest absolute Gasteiger partial charge is 0.309 e. The van der Waals surface area contributed by atoms with Gasteiger partial charge < -0.3 is 4.90 Å². The minimum Gasteiger partial charge on any atom is -0.309 e. The summed E-state index contributed by atoms with van der Waals surface area (Å²) in [6.45, 7) is 1.28. The highest BCUT2D eigenvalue weighted by Gasteiger charge is 2.22. The van der Waals surface area contributed by atoms with Crippen LogP contribution in [-0.4, -0.2) is 57.6 Å². The van der Waals surface area contributed by atoms with Crippen molar-refractivity contribution in [2.45, 2.75) is 11.3 Å². The maximum atomic E-state index is 13.3. The van der Waals surface area contributed by atoms with Crippen LogP contribution in [0.5, 0.6) is 0 Å². The average Bonchev–Trinajstić information content (AvgIpc) is 3.06. The molecule has 0 saturated carbocycles. The Balaban J connectivity index is 1.99. The average molecular weight is 452 g/mol. The Bertz CT molecular complexity index is 1140. The summed E-state index contributed by atoms with van der Waals surface area (Å²) in [7, 11) is 0.540. The van der Waals surface area contributed by atoms with Crippen LogP contribution in [0, 0.1) is 0 Å². The fourth-order valence-corrected chi connectivity index (χ4v) is 4.78. The standard InChI is InChI=1S/C20H22ClN3O3S2/c1-23(2)10-5-11-24(20-22-17-9-8-15(21)13-18(17)28-20)19(25)14-6-4-7-16(12-14)29(3,26)27/h4,6-9,12-13H,5,10-11H2,1-3H3. The lowest BCUT2D eigenvalue weighted by molar-refractivity contribution is 0.0986. The van der Waals surface area contributed by atoms with Crippen molar-refractivity contribution in [3.8, 4) is 0 Å². The van der Waals surface area contributed by atoms with Crippen molar-refractivity contribution in [2.24, 2.45) is 0 Å². The fourth-order valence-electron chi connectivity index (χ4n) is 2.85. The number of anilines is 1. The molecule has 1 heterocycles. The first-order chi connectivity index (χ1) is 13.6. The number of amides is 1. The molecule has 0 aliphatic carbocycles. The molecule has 1 amide bonds. The van der Waals surface area contributed by atoms with E-state index in [2.05, 4.69) is 4.98 Å². The summed E-state index contributed by atoms with van der Waals surface area (Å²) < 4.78 is 24.7. The summed E-state index contributed by atoms with van der Waals surface area (Å²) in [6.07, 6.45) is 1.88. The van der Waals surface area contributed by atoms with E-state index in [4.69, 9.17) is 11.6 Å². The normalized spacial score (nSPS) is 11.9. The first-order valence-corrected chi connectivity index (χ1v) is 12.1. The van der Waals surface area contributed by atoms with Crippen LogP contribution in [0.1, 0.15) is 16.8 Å². The summed E-state index contributed by atoms with van der Waals surface area (Å²) in [5.41, 5.74) is 1.08. The van der Waals surface area contributed by atoms with E-state index < -0.39 is 9.84 Å². The van der Waals surface area contributed by atoms with Crippen molar-refractivity contribution in [3.05, 3.63) is 53.1 Å². The predicted octanol–water partition coefficient (Wildman–Crippen LogP) is 3.95. The minimum atomic E-state index is -3.41. The molecule has 154 valence electrons. The molecule has 6 nitrogen and oxygen atoms in total. The quantitative estimate of drug-likeness (QED) is 0.544. The van der Waals surface area contributed by atoms with Crippen LogP contribution in [-0.2, 0) is 9.84 Å². The number of carbonyl (C=O) groups is 1. The molecular formula is C20H22ClN3O3S2. The highest BCUT2D eigenvalue weighted by atomic mass is 35.5. The van der Waals surface area contributed by atoms with Gasteiger partial charge in [0.05, 0.1) is 15.1 Å². The number of aromatic nitrogens is 1. The zero-order chi connectivity index (χ0) is 21.2. The van der Waals surface area contributed by atoms with E-state index in [1.165, 1.54) is 23.5 Å². The molecule has 9 heteroatoms. The van der Waals surface area contributed by atoms with Gasteiger partial charge >= 0.3 is 0 Å². The molecule has 0 aliphatic rings. The lowest BCUT2D eigenvalue weighted by atomic mass is 10.2. The third-order valence-corrected chi connectivity index (χ3v) is 6.70. The van der Waals surface area contributed by atoms with Gasteiger partial charge in [-0.1, -0.05) is 29.0 Å². The number of benzene rings is 2. The molecule has 0 unspecified atom stereocenters. The van der Waals surface area contributed by atoms with Gasteiger partial charge in [-0.25, -0.2) is 13.4 Å². The molecule has 0 atom stereocenters. The molecule has 0 fully saturated rings. The van der Waals surface area contributed by atoms with E-state index in [9.17, 15) is 13.2 Å². The van der Waals surface area contributed by atoms with Crippen molar-refractivity contribution < 1.29 is 13.2 Å². The van der Waals surface area contributed by atoms with Crippen LogP contribution < -0.4 is 4.90 Å². The van der Waals surface area contributed by atoms with E-state index in [0.29, 0.717) is 22.3 Å². The van der Waals surface area contributed by atoms with Gasteiger partial charge in [0.15, 0.2) is 15.0 Å². The number of carbonyl (C=O) groups excluding carboxylic acids is 1. The number of hydrogen-bond donors (Lipinski definition) is 0. The molecule has 2 aromatic carbocycles. The molecule has 0 aliphatic heterocycles. The summed E-state index contributed by atoms with van der Waals surface area (Å²) >= 11 is 7.47. The molecule has 3 aromatic rings. The lowest BCUT2D eigenvalue weighted by Gasteiger charge is -2.21. The number of halogens is 1. The van der Waals surface area contributed by atoms with Gasteiger partial charge in [0.1, 0.15) is 0 Å². The van der Waals surface area contributed by atoms with E-state index in [-0.39, 0.29) is 10.8 Å². The maximum Gasteiger partial charge on any atom is 0.260 e. The van der Waals surface area contributed by atoms with Crippen molar-refractivity contribution in [1.29, 1.82) is 0 Å². The first-order valence-electron chi connectivity index (χ1n) is 8.98. The number of fused-ring (bicyclic) bond motifs is 1. The van der Waals surface area contributed by atoms with Gasteiger partial charge in [0.2, 0.25) is 0 Å². The highest BCUT2D eigenvalue weighted by Crippen LogP contribution is 2.31. The van der Waals surface area contributed by atoms with Crippen LogP contribution in [0.4, 0.5) is 5.13 Å². The number of nitrogens with zero attached hydrogens (tertiary/aromatic N) is 3. The Kier molecular flexibility index (Phi) is 6.58. The van der Waals surface area contributed by atoms with Gasteiger partial charge in [-0.05, 0) is 63.5 Å². The topological polar surface area (TPSA) is 70.6 Å². The molecule has 0 bridgehead atoms. The number of thiazole rings is 1. The Morgan fingerprint density at radius 2 is 1.90 bits per heavy atom. The van der Waals surface area contributed by atoms with Crippen LogP contribution in [0.25, 0.3) is 10.2 Å². The van der Waals surface area contributed by atoms with Crippen LogP contribution in [0.3, 0.4) is 0 Å². The summed E-state index contributed by atoms with van der Waals surface area (Å²) in [5.74, 6) is -0.278. The Labute approximate surface area is 179 Å². The van der Waals surface area contributed by atoms with Crippen molar-refractivity contribution in [2.75, 3.05) is 38.3 Å². The second-order valence-electron chi connectivity index (χ2n) is 7.02. The summed E-state index contributed by atoms with van der Waals surface area (Å²) in [4.78, 5) is 21.7. The van der Waals surface area contributed by atoms with Crippen LogP contribution in [0.15, 0.2) is 47.4 Å². The Morgan fingerprint density at radius 1 is 1.14 bits per heavy atom. The van der Waals surface area contributed by atoms with Crippen LogP contribution in [0.2, 0.25) is 5.02 Å². The Hall–Kier alpha value is -2.00. The summed E-state index contributed by atoms with van der Waals surface area (Å²) in [5, 5.41) is 1.18. The van der Waals surface area contributed by atoms with Crippen LogP contribution >= 0.6 is 22.9 Å². The smallest absolute Gasteiger partial charge is 0.260 e. The second-order valence-corrected chi connectivity index (χ2v) is 10.5. The van der Waals surface area contributed by atoms with E-state index >= 15 is 0 Å². The van der Waals surface area contributed by atoms with Crippen molar-refractivity contribution in [3.63, 3.8) is 0 Å². The molecule has 29 heavy (non-hydrogen) atoms. The molecule has 0 saturated heterocycles. The minimum absolute atomic E-state index is 0.118. The van der Waals surface area contributed by atoms with Gasteiger partial charge in [-0.15, -0.1) is 0 Å². The first kappa shape index (κ1) is 21.7. The van der Waals surface area contributed by atoms with E-state index in [1.54, 1.807) is 23.1 Å². The highest BCUT2D eigenvalue weighted by molar-refractivity contribution is 7.90. The lowest BCUT2D eigenvalue weighted by Crippen LogP contribution is -2.33. The molecule has 1 aromatic heterocycles. The number of rotatable bonds is 7. The summed E-state index contributed by atoms with van der Waals surface area (Å²) in [6, 6.07) is 11.5. The van der Waals surface area contributed by atoms with Crippen molar-refractivity contribution in [1.82, 2.24) is 9.88 Å². The van der Waals surface area contributed by atoms with E-state index in [0.717, 1.165) is 29.4 Å². The van der Waals surface area contributed by atoms with Gasteiger partial charge in [-0.3, -0.25) is 9.69 Å². The Morgan fingerprint density at radius 3 is 2.59 bits per heavy atom. The molecule has 3 rings (SSSR count). The second kappa shape index (κ2) is 8.79. The van der Waals surface area contributed by atoms with Gasteiger partial charge in [0, 0.05) is 23.4 Å². The van der Waals surface area contributed by atoms with Gasteiger partial charge in [0.25, 0.3) is 5.91 Å². The SMILES string of the molecule is CN(C)CCCN(C(=O)c1cccc(S(C)(=O)=O)c1)c1nc2ccc(Cl)cc2s1. The zero-order valence-corrected chi connectivity index (χ0v) is 18.8. The van der Waals surface area contributed by atoms with Crippen molar-refractivity contribution >= 4 is 54.0 Å². The molecule has 0 N–H and O–H groups in total. The monoisotopic (exact) mass is 451 g/mol. The fraction of sp³-hybridized carbons (Fsp3) is 0.300. The molecular weight excluding hydrogens is 430 g/mol. The zero-order valence-electron chi connectivity index (χ0n) is 16.4. The van der Waals surface area contributed by atoms with E-state index in [1.807, 2.05) is 31.1 Å². The molecule has 0 radical (unpaired) electrons. The number of hydrogen-bond acceptors (Lipinski definition) is 6. The predicted molar refractivity (Wildman–Crippen MR) is 119 cm³/mol. The third kappa shape index (κ3) is 5.33. The van der Waals surface area contributed by atoms with Gasteiger partial charge in [-0.2, -0.15) is 0 Å². The maximum absolute atomic E-state index is 13.3. The number of sulfone groups is 1. The molecule has 0 spiro atoms. The third-order valence-electron chi connectivity index (χ3n) is 4.31.